The number of nitrogens with zero attached hydrogens (tertiary/aromatic N) is 1. The summed E-state index contributed by atoms with van der Waals surface area (Å²) < 4.78 is 4.97. The van der Waals surface area contributed by atoms with E-state index in [-0.39, 0.29) is 5.97 Å². The summed E-state index contributed by atoms with van der Waals surface area (Å²) in [5.41, 5.74) is 5.26. The molecule has 0 aliphatic carbocycles. The fraction of sp³-hybridized carbons (Fsp3) is 0.333. The monoisotopic (exact) mass is 286 g/mol. The highest BCUT2D eigenvalue weighted by molar-refractivity contribution is 6.83. The molecule has 0 bridgehead atoms. The predicted molar refractivity (Wildman–Crippen MR) is 82.3 cm³/mol. The lowest BCUT2D eigenvalue weighted by atomic mass is 10.2. The molecule has 0 aliphatic heterocycles. The molecule has 2 aromatic rings. The molecule has 0 saturated heterocycles. The smallest absolute Gasteiger partial charge is 0.354 e. The van der Waals surface area contributed by atoms with Crippen LogP contribution in [0.5, 0.6) is 0 Å². The standard InChI is InChI=1S/C15H18N2O2Si/c1-5-19-15(18)13-9-11-8-12(6-7-20(2,3)4)16-10-14(11)17-13/h8-10,17H,5H2,1-4H3. The molecule has 2 heterocycles. The lowest BCUT2D eigenvalue weighted by molar-refractivity contribution is 0.0520. The van der Waals surface area contributed by atoms with E-state index in [1.807, 2.05) is 6.07 Å². The minimum atomic E-state index is -1.41. The number of hydrogen-bond donors (Lipinski definition) is 1. The first-order valence-corrected chi connectivity index (χ1v) is 10.1. The van der Waals surface area contributed by atoms with Crippen LogP contribution in [0.1, 0.15) is 23.1 Å². The highest BCUT2D eigenvalue weighted by Crippen LogP contribution is 2.16. The van der Waals surface area contributed by atoms with Crippen molar-refractivity contribution in [1.82, 2.24) is 9.97 Å². The summed E-state index contributed by atoms with van der Waals surface area (Å²) in [6, 6.07) is 3.66. The number of esters is 1. The van der Waals surface area contributed by atoms with Gasteiger partial charge in [-0.05, 0) is 19.1 Å². The minimum Gasteiger partial charge on any atom is -0.461 e. The first kappa shape index (κ1) is 14.3. The summed E-state index contributed by atoms with van der Waals surface area (Å²) in [5, 5.41) is 0.919. The Hall–Kier alpha value is -2.06. The molecular formula is C15H18N2O2Si. The third kappa shape index (κ3) is 3.49. The molecule has 2 rings (SSSR count). The Morgan fingerprint density at radius 3 is 2.80 bits per heavy atom. The second-order valence-corrected chi connectivity index (χ2v) is 10.3. The normalized spacial score (nSPS) is 11.0. The molecule has 0 aromatic carbocycles. The Morgan fingerprint density at radius 2 is 2.15 bits per heavy atom. The number of carbonyl (C=O) groups excluding carboxylic acids is 1. The minimum absolute atomic E-state index is 0.349. The van der Waals surface area contributed by atoms with Crippen molar-refractivity contribution in [1.29, 1.82) is 0 Å². The Morgan fingerprint density at radius 1 is 1.40 bits per heavy atom. The molecule has 104 valence electrons. The van der Waals surface area contributed by atoms with E-state index in [0.717, 1.165) is 16.6 Å². The highest BCUT2D eigenvalue weighted by Gasteiger charge is 2.11. The number of ether oxygens (including phenoxy) is 1. The van der Waals surface area contributed by atoms with Crippen LogP contribution in [0.4, 0.5) is 0 Å². The summed E-state index contributed by atoms with van der Waals surface area (Å²) in [5.74, 6) is 2.76. The zero-order valence-electron chi connectivity index (χ0n) is 12.2. The van der Waals surface area contributed by atoms with Crippen molar-refractivity contribution in [2.24, 2.45) is 0 Å². The Bertz CT molecular complexity index is 702. The van der Waals surface area contributed by atoms with E-state index >= 15 is 0 Å². The number of aromatic nitrogens is 2. The van der Waals surface area contributed by atoms with Crippen molar-refractivity contribution < 1.29 is 9.53 Å². The molecule has 0 unspecified atom stereocenters. The molecular weight excluding hydrogens is 268 g/mol. The van der Waals surface area contributed by atoms with E-state index < -0.39 is 8.07 Å². The molecule has 0 amide bonds. The van der Waals surface area contributed by atoms with E-state index in [1.165, 1.54) is 0 Å². The number of hydrogen-bond acceptors (Lipinski definition) is 3. The molecule has 1 N–H and O–H groups in total. The zero-order chi connectivity index (χ0) is 14.8. The SMILES string of the molecule is CCOC(=O)c1cc2cc(C#C[Si](C)(C)C)ncc2[nH]1. The first-order valence-electron chi connectivity index (χ1n) is 6.58. The van der Waals surface area contributed by atoms with Crippen molar-refractivity contribution in [3.05, 3.63) is 29.7 Å². The summed E-state index contributed by atoms with van der Waals surface area (Å²) >= 11 is 0. The summed E-state index contributed by atoms with van der Waals surface area (Å²) in [6.45, 7) is 8.71. The number of aromatic amines is 1. The summed E-state index contributed by atoms with van der Waals surface area (Å²) in [4.78, 5) is 19.0. The van der Waals surface area contributed by atoms with Crippen LogP contribution in [-0.2, 0) is 4.74 Å². The maximum atomic E-state index is 11.7. The van der Waals surface area contributed by atoms with Crippen LogP contribution in [0.15, 0.2) is 18.3 Å². The maximum absolute atomic E-state index is 11.7. The third-order valence-electron chi connectivity index (χ3n) is 2.57. The first-order chi connectivity index (χ1) is 9.39. The van der Waals surface area contributed by atoms with Gasteiger partial charge in [-0.15, -0.1) is 5.54 Å². The third-order valence-corrected chi connectivity index (χ3v) is 3.44. The van der Waals surface area contributed by atoms with Gasteiger partial charge in [0.15, 0.2) is 0 Å². The Kier molecular flexibility index (Phi) is 3.95. The fourth-order valence-electron chi connectivity index (χ4n) is 1.67. The average Bonchev–Trinajstić information content (AvgIpc) is 2.78. The number of nitrogens with one attached hydrogen (secondary N) is 1. The van der Waals surface area contributed by atoms with Crippen LogP contribution in [0, 0.1) is 11.5 Å². The molecule has 20 heavy (non-hydrogen) atoms. The number of rotatable bonds is 2. The van der Waals surface area contributed by atoms with Gasteiger partial charge in [-0.1, -0.05) is 25.6 Å². The van der Waals surface area contributed by atoms with Crippen molar-refractivity contribution >= 4 is 24.9 Å². The molecule has 0 spiro atoms. The fourth-order valence-corrected chi connectivity index (χ4v) is 2.17. The van der Waals surface area contributed by atoms with Crippen LogP contribution in [0.2, 0.25) is 19.6 Å². The van der Waals surface area contributed by atoms with Gasteiger partial charge in [0, 0.05) is 5.39 Å². The number of fused-ring (bicyclic) bond motifs is 1. The molecule has 0 saturated carbocycles. The number of H-pyrrole nitrogens is 1. The lowest BCUT2D eigenvalue weighted by Gasteiger charge is -2.02. The topological polar surface area (TPSA) is 55.0 Å². The molecule has 0 aliphatic rings. The second-order valence-electron chi connectivity index (χ2n) is 5.56. The zero-order valence-corrected chi connectivity index (χ0v) is 13.2. The van der Waals surface area contributed by atoms with Gasteiger partial charge in [-0.25, -0.2) is 9.78 Å². The highest BCUT2D eigenvalue weighted by atomic mass is 28.3. The van der Waals surface area contributed by atoms with Gasteiger partial charge < -0.3 is 9.72 Å². The van der Waals surface area contributed by atoms with E-state index in [0.29, 0.717) is 12.3 Å². The second kappa shape index (κ2) is 5.51. The lowest BCUT2D eigenvalue weighted by Crippen LogP contribution is -2.16. The maximum Gasteiger partial charge on any atom is 0.354 e. The summed E-state index contributed by atoms with van der Waals surface area (Å²) in [6.07, 6.45) is 1.70. The van der Waals surface area contributed by atoms with Crippen molar-refractivity contribution in [3.8, 4) is 11.5 Å². The largest absolute Gasteiger partial charge is 0.461 e. The molecule has 5 heteroatoms. The van der Waals surface area contributed by atoms with Gasteiger partial charge in [-0.2, -0.15) is 0 Å². The van der Waals surface area contributed by atoms with Crippen LogP contribution in [0.3, 0.4) is 0 Å². The van der Waals surface area contributed by atoms with Crippen molar-refractivity contribution in [2.45, 2.75) is 26.6 Å². The van der Waals surface area contributed by atoms with E-state index in [1.54, 1.807) is 19.2 Å². The van der Waals surface area contributed by atoms with Crippen LogP contribution in [-0.4, -0.2) is 30.6 Å². The van der Waals surface area contributed by atoms with Gasteiger partial charge in [0.2, 0.25) is 0 Å². The van der Waals surface area contributed by atoms with Gasteiger partial charge in [0.25, 0.3) is 0 Å². The van der Waals surface area contributed by atoms with Gasteiger partial charge in [-0.3, -0.25) is 0 Å². The molecule has 0 radical (unpaired) electrons. The summed E-state index contributed by atoms with van der Waals surface area (Å²) in [7, 11) is -1.41. The van der Waals surface area contributed by atoms with E-state index in [2.05, 4.69) is 41.1 Å². The quantitative estimate of drug-likeness (QED) is 0.524. The van der Waals surface area contributed by atoms with Crippen LogP contribution in [0.25, 0.3) is 10.9 Å². The van der Waals surface area contributed by atoms with E-state index in [4.69, 9.17) is 4.74 Å². The van der Waals surface area contributed by atoms with Crippen LogP contribution >= 0.6 is 0 Å². The predicted octanol–water partition coefficient (Wildman–Crippen LogP) is 2.97. The number of carbonyl (C=O) groups is 1. The molecule has 0 atom stereocenters. The molecule has 2 aromatic heterocycles. The van der Waals surface area contributed by atoms with E-state index in [9.17, 15) is 4.79 Å². The van der Waals surface area contributed by atoms with Crippen molar-refractivity contribution in [3.63, 3.8) is 0 Å². The Balaban J connectivity index is 2.34. The average molecular weight is 286 g/mol. The molecule has 0 fully saturated rings. The Labute approximate surface area is 119 Å². The molecule has 4 nitrogen and oxygen atoms in total. The van der Waals surface area contributed by atoms with Crippen molar-refractivity contribution in [2.75, 3.05) is 6.61 Å². The van der Waals surface area contributed by atoms with Gasteiger partial charge >= 0.3 is 5.97 Å². The number of pyridine rings is 1. The van der Waals surface area contributed by atoms with Crippen LogP contribution < -0.4 is 0 Å². The van der Waals surface area contributed by atoms with Gasteiger partial charge in [0.05, 0.1) is 18.3 Å². The van der Waals surface area contributed by atoms with Gasteiger partial charge in [0.1, 0.15) is 19.5 Å².